The number of piperidine rings is 1. The van der Waals surface area contributed by atoms with Crippen LogP contribution in [0.3, 0.4) is 0 Å². The number of hydrogen-bond donors (Lipinski definition) is 0. The molecular weight excluding hydrogens is 256 g/mol. The van der Waals surface area contributed by atoms with Crippen molar-refractivity contribution in [2.75, 3.05) is 13.1 Å². The number of likely N-dealkylation sites (tertiary alicyclic amines) is 1. The lowest BCUT2D eigenvalue weighted by Gasteiger charge is -2.47. The molecule has 3 rings (SSSR count). The molecular formula is C16H25ClN2. The first kappa shape index (κ1) is 14.8. The first-order chi connectivity index (χ1) is 8.92. The molecule has 2 nitrogen and oxygen atoms in total. The average Bonchev–Trinajstić information content (AvgIpc) is 2.50. The quantitative estimate of drug-likeness (QED) is 0.809. The molecule has 2 fully saturated rings. The molecule has 19 heavy (non-hydrogen) atoms. The van der Waals surface area contributed by atoms with Gasteiger partial charge in [-0.25, -0.2) is 0 Å². The van der Waals surface area contributed by atoms with Crippen LogP contribution in [0, 0.1) is 0 Å². The Morgan fingerprint density at radius 1 is 0.895 bits per heavy atom. The van der Waals surface area contributed by atoms with E-state index in [1.54, 1.807) is 0 Å². The van der Waals surface area contributed by atoms with Crippen LogP contribution in [0.1, 0.15) is 57.1 Å². The van der Waals surface area contributed by atoms with E-state index in [0.29, 0.717) is 0 Å². The summed E-state index contributed by atoms with van der Waals surface area (Å²) in [6.07, 6.45) is 12.9. The first-order valence-corrected chi connectivity index (χ1v) is 7.58. The molecule has 106 valence electrons. The molecule has 0 aromatic carbocycles. The minimum Gasteiger partial charge on any atom is -0.292 e. The second-order valence-electron chi connectivity index (χ2n) is 5.85. The Hall–Kier alpha value is -0.600. The first-order valence-electron chi connectivity index (χ1n) is 7.58. The van der Waals surface area contributed by atoms with Gasteiger partial charge in [-0.2, -0.15) is 0 Å². The second kappa shape index (κ2) is 6.71. The van der Waals surface area contributed by atoms with Crippen molar-refractivity contribution >= 4 is 12.4 Å². The average molecular weight is 281 g/mol. The number of pyridine rings is 1. The number of hydrogen-bond acceptors (Lipinski definition) is 2. The highest BCUT2D eigenvalue weighted by Gasteiger charge is 2.40. The van der Waals surface area contributed by atoms with Gasteiger partial charge < -0.3 is 0 Å². The van der Waals surface area contributed by atoms with Gasteiger partial charge in [-0.1, -0.05) is 31.7 Å². The molecule has 1 saturated heterocycles. The molecule has 2 heterocycles. The highest BCUT2D eigenvalue weighted by Crippen LogP contribution is 2.42. The van der Waals surface area contributed by atoms with Crippen LogP contribution in [0.15, 0.2) is 24.4 Å². The van der Waals surface area contributed by atoms with E-state index < -0.39 is 0 Å². The number of nitrogens with zero attached hydrogens (tertiary/aromatic N) is 2. The zero-order valence-electron chi connectivity index (χ0n) is 11.7. The molecule has 1 aliphatic heterocycles. The van der Waals surface area contributed by atoms with Gasteiger partial charge in [0.05, 0.1) is 11.2 Å². The summed E-state index contributed by atoms with van der Waals surface area (Å²) in [6.45, 7) is 2.55. The maximum Gasteiger partial charge on any atom is 0.0633 e. The molecule has 1 saturated carbocycles. The highest BCUT2D eigenvalue weighted by atomic mass is 35.5. The van der Waals surface area contributed by atoms with Crippen LogP contribution in [0.4, 0.5) is 0 Å². The lowest BCUT2D eigenvalue weighted by atomic mass is 9.76. The summed E-state index contributed by atoms with van der Waals surface area (Å²) >= 11 is 0. The topological polar surface area (TPSA) is 16.1 Å². The van der Waals surface area contributed by atoms with E-state index in [1.807, 2.05) is 12.3 Å². The van der Waals surface area contributed by atoms with Crippen LogP contribution >= 0.6 is 12.4 Å². The third-order valence-electron chi connectivity index (χ3n) is 4.78. The van der Waals surface area contributed by atoms with Crippen molar-refractivity contribution in [2.24, 2.45) is 0 Å². The van der Waals surface area contributed by atoms with E-state index in [1.165, 1.54) is 70.2 Å². The predicted octanol–water partition coefficient (Wildman–Crippen LogP) is 4.15. The monoisotopic (exact) mass is 280 g/mol. The van der Waals surface area contributed by atoms with Crippen molar-refractivity contribution in [3.8, 4) is 0 Å². The van der Waals surface area contributed by atoms with Crippen LogP contribution in [0.5, 0.6) is 0 Å². The number of rotatable bonds is 2. The smallest absolute Gasteiger partial charge is 0.0633 e. The third-order valence-corrected chi connectivity index (χ3v) is 4.78. The zero-order valence-corrected chi connectivity index (χ0v) is 12.5. The van der Waals surface area contributed by atoms with E-state index in [-0.39, 0.29) is 17.9 Å². The summed E-state index contributed by atoms with van der Waals surface area (Å²) in [5, 5.41) is 0. The molecule has 1 aromatic heterocycles. The molecule has 3 heteroatoms. The SMILES string of the molecule is Cl.c1ccc(C2(N3CCCCC3)CCCCC2)nc1. The summed E-state index contributed by atoms with van der Waals surface area (Å²) in [5.41, 5.74) is 1.59. The Balaban J connectivity index is 0.00000133. The van der Waals surface area contributed by atoms with Gasteiger partial charge >= 0.3 is 0 Å². The fourth-order valence-corrected chi connectivity index (χ4v) is 3.83. The minimum absolute atomic E-state index is 0. The minimum atomic E-state index is 0. The fraction of sp³-hybridized carbons (Fsp3) is 0.688. The van der Waals surface area contributed by atoms with Crippen LogP contribution in [0.25, 0.3) is 0 Å². The van der Waals surface area contributed by atoms with Crippen LogP contribution < -0.4 is 0 Å². The number of aromatic nitrogens is 1. The summed E-state index contributed by atoms with van der Waals surface area (Å²) in [5.74, 6) is 0. The molecule has 0 unspecified atom stereocenters. The Labute approximate surface area is 123 Å². The third kappa shape index (κ3) is 2.95. The van der Waals surface area contributed by atoms with Gasteiger partial charge in [0.1, 0.15) is 0 Å². The Kier molecular flexibility index (Phi) is 5.23. The molecule has 1 aromatic rings. The summed E-state index contributed by atoms with van der Waals surface area (Å²) < 4.78 is 0. The largest absolute Gasteiger partial charge is 0.292 e. The predicted molar refractivity (Wildman–Crippen MR) is 81.7 cm³/mol. The molecule has 1 aliphatic carbocycles. The van der Waals surface area contributed by atoms with E-state index in [9.17, 15) is 0 Å². The van der Waals surface area contributed by atoms with E-state index in [0.717, 1.165) is 0 Å². The van der Waals surface area contributed by atoms with Crippen molar-refractivity contribution in [3.05, 3.63) is 30.1 Å². The van der Waals surface area contributed by atoms with Gasteiger partial charge in [0.25, 0.3) is 0 Å². The van der Waals surface area contributed by atoms with Gasteiger partial charge in [-0.05, 0) is 50.9 Å². The van der Waals surface area contributed by atoms with Gasteiger partial charge in [0.15, 0.2) is 0 Å². The lowest BCUT2D eigenvalue weighted by molar-refractivity contribution is 0.0269. The van der Waals surface area contributed by atoms with Crippen molar-refractivity contribution in [3.63, 3.8) is 0 Å². The number of halogens is 1. The van der Waals surface area contributed by atoms with E-state index in [4.69, 9.17) is 4.98 Å². The van der Waals surface area contributed by atoms with Crippen LogP contribution in [-0.4, -0.2) is 23.0 Å². The van der Waals surface area contributed by atoms with Crippen molar-refractivity contribution in [2.45, 2.75) is 56.9 Å². The Morgan fingerprint density at radius 2 is 1.58 bits per heavy atom. The summed E-state index contributed by atoms with van der Waals surface area (Å²) in [7, 11) is 0. The second-order valence-corrected chi connectivity index (χ2v) is 5.85. The Morgan fingerprint density at radius 3 is 2.21 bits per heavy atom. The molecule has 0 N–H and O–H groups in total. The van der Waals surface area contributed by atoms with E-state index in [2.05, 4.69) is 17.0 Å². The maximum absolute atomic E-state index is 4.71. The molecule has 2 aliphatic rings. The van der Waals surface area contributed by atoms with Crippen molar-refractivity contribution < 1.29 is 0 Å². The normalized spacial score (nSPS) is 23.6. The standard InChI is InChI=1S/C16H24N2.ClH/c1-4-10-16(11-5-1,15-9-3-6-12-17-15)18-13-7-2-8-14-18;/h3,6,9,12H,1-2,4-5,7-8,10-11,13-14H2;1H. The van der Waals surface area contributed by atoms with Gasteiger partial charge in [-0.3, -0.25) is 9.88 Å². The van der Waals surface area contributed by atoms with Gasteiger partial charge in [-0.15, -0.1) is 12.4 Å². The maximum atomic E-state index is 4.71. The lowest BCUT2D eigenvalue weighted by Crippen LogP contribution is -2.50. The van der Waals surface area contributed by atoms with Crippen molar-refractivity contribution in [1.82, 2.24) is 9.88 Å². The van der Waals surface area contributed by atoms with Crippen molar-refractivity contribution in [1.29, 1.82) is 0 Å². The summed E-state index contributed by atoms with van der Waals surface area (Å²) in [4.78, 5) is 7.46. The zero-order chi connectivity index (χ0) is 12.3. The molecule has 0 atom stereocenters. The molecule has 0 bridgehead atoms. The summed E-state index contributed by atoms with van der Waals surface area (Å²) in [6, 6.07) is 6.44. The van der Waals surface area contributed by atoms with Crippen LogP contribution in [0.2, 0.25) is 0 Å². The van der Waals surface area contributed by atoms with Gasteiger partial charge in [0, 0.05) is 6.20 Å². The Bertz CT molecular complexity index is 368. The molecule has 0 radical (unpaired) electrons. The highest BCUT2D eigenvalue weighted by molar-refractivity contribution is 5.85. The van der Waals surface area contributed by atoms with Crippen LogP contribution in [-0.2, 0) is 5.54 Å². The van der Waals surface area contributed by atoms with E-state index >= 15 is 0 Å². The van der Waals surface area contributed by atoms with Gasteiger partial charge in [0.2, 0.25) is 0 Å². The molecule has 0 spiro atoms. The fourth-order valence-electron chi connectivity index (χ4n) is 3.83. The molecule has 0 amide bonds.